The molecule has 140 valence electrons. The van der Waals surface area contributed by atoms with Gasteiger partial charge in [0.1, 0.15) is 10.9 Å². The van der Waals surface area contributed by atoms with E-state index in [1.54, 1.807) is 36.4 Å². The van der Waals surface area contributed by atoms with Crippen LogP contribution in [0.3, 0.4) is 0 Å². The van der Waals surface area contributed by atoms with Crippen LogP contribution >= 0.6 is 11.6 Å². The average molecular weight is 397 g/mol. The number of pyridine rings is 1. The molecule has 2 heterocycles. The highest BCUT2D eigenvalue weighted by molar-refractivity contribution is 6.30. The van der Waals surface area contributed by atoms with E-state index in [9.17, 15) is 14.4 Å². The average Bonchev–Trinajstić information content (AvgIpc) is 2.70. The van der Waals surface area contributed by atoms with Gasteiger partial charge in [-0.15, -0.1) is 0 Å². The molecule has 0 radical (unpaired) electrons. The van der Waals surface area contributed by atoms with Crippen molar-refractivity contribution in [1.29, 1.82) is 0 Å². The van der Waals surface area contributed by atoms with Crippen LogP contribution < -0.4 is 10.1 Å². The van der Waals surface area contributed by atoms with Crippen LogP contribution in [0.25, 0.3) is 10.9 Å². The van der Waals surface area contributed by atoms with E-state index in [-0.39, 0.29) is 28.8 Å². The Morgan fingerprint density at radius 2 is 2.00 bits per heavy atom. The van der Waals surface area contributed by atoms with Crippen molar-refractivity contribution in [2.24, 2.45) is 0 Å². The van der Waals surface area contributed by atoms with Gasteiger partial charge in [-0.1, -0.05) is 29.8 Å². The fraction of sp³-hybridized carbons (Fsp3) is 0.100. The van der Waals surface area contributed by atoms with Crippen molar-refractivity contribution >= 4 is 45.9 Å². The molecule has 4 rings (SSSR count). The fourth-order valence-electron chi connectivity index (χ4n) is 2.86. The van der Waals surface area contributed by atoms with Crippen LogP contribution in [0.2, 0.25) is 5.15 Å². The SMILES string of the molecule is O=C1COc2ccc(C(=O)COC(=O)c3cc(Cl)nc4ccccc34)cc2N1. The van der Waals surface area contributed by atoms with Crippen molar-refractivity contribution in [3.05, 3.63) is 64.8 Å². The van der Waals surface area contributed by atoms with Crippen LogP contribution in [-0.4, -0.2) is 35.9 Å². The molecular formula is C20H13ClN2O5. The minimum atomic E-state index is -0.677. The van der Waals surface area contributed by atoms with Crippen LogP contribution in [0.15, 0.2) is 48.5 Å². The zero-order chi connectivity index (χ0) is 19.7. The number of ketones is 1. The van der Waals surface area contributed by atoms with Crippen LogP contribution in [-0.2, 0) is 9.53 Å². The fourth-order valence-corrected chi connectivity index (χ4v) is 3.06. The van der Waals surface area contributed by atoms with Gasteiger partial charge in [-0.3, -0.25) is 9.59 Å². The molecule has 1 N–H and O–H groups in total. The number of para-hydroxylation sites is 1. The van der Waals surface area contributed by atoms with Crippen LogP contribution in [0, 0.1) is 0 Å². The van der Waals surface area contributed by atoms with Gasteiger partial charge in [0.2, 0.25) is 0 Å². The summed E-state index contributed by atoms with van der Waals surface area (Å²) >= 11 is 5.97. The molecule has 1 amide bonds. The Labute approximate surface area is 164 Å². The number of anilines is 1. The van der Waals surface area contributed by atoms with Gasteiger partial charge in [0.05, 0.1) is 16.8 Å². The molecule has 0 aliphatic carbocycles. The first kappa shape index (κ1) is 17.9. The topological polar surface area (TPSA) is 94.6 Å². The van der Waals surface area contributed by atoms with E-state index in [0.717, 1.165) is 0 Å². The molecule has 0 unspecified atom stereocenters. The standard InChI is InChI=1S/C20H13ClN2O5/c21-18-8-13(12-3-1-2-4-14(12)22-18)20(26)28-9-16(24)11-5-6-17-15(7-11)23-19(25)10-27-17/h1-8H,9-10H2,(H,23,25). The van der Waals surface area contributed by atoms with Crippen molar-refractivity contribution in [1.82, 2.24) is 4.98 Å². The largest absolute Gasteiger partial charge is 0.482 e. The molecule has 0 atom stereocenters. The summed E-state index contributed by atoms with van der Waals surface area (Å²) in [4.78, 5) is 40.5. The third-order valence-electron chi connectivity index (χ3n) is 4.17. The van der Waals surface area contributed by atoms with Crippen LogP contribution in [0.5, 0.6) is 5.75 Å². The number of nitrogens with one attached hydrogen (secondary N) is 1. The third kappa shape index (κ3) is 3.52. The first-order chi connectivity index (χ1) is 13.5. The lowest BCUT2D eigenvalue weighted by Gasteiger charge is -2.18. The summed E-state index contributed by atoms with van der Waals surface area (Å²) in [5.41, 5.74) is 1.48. The minimum Gasteiger partial charge on any atom is -0.482 e. The van der Waals surface area contributed by atoms with Gasteiger partial charge >= 0.3 is 5.97 Å². The number of hydrogen-bond donors (Lipinski definition) is 1. The number of amides is 1. The van der Waals surface area contributed by atoms with Gasteiger partial charge in [-0.2, -0.15) is 0 Å². The zero-order valence-electron chi connectivity index (χ0n) is 14.4. The molecule has 0 bridgehead atoms. The van der Waals surface area contributed by atoms with E-state index < -0.39 is 18.4 Å². The molecule has 2 aromatic carbocycles. The smallest absolute Gasteiger partial charge is 0.339 e. The summed E-state index contributed by atoms with van der Waals surface area (Å²) in [6.45, 7) is -0.527. The van der Waals surface area contributed by atoms with Crippen LogP contribution in [0.4, 0.5) is 5.69 Å². The predicted molar refractivity (Wildman–Crippen MR) is 102 cm³/mol. The number of nitrogens with zero attached hydrogens (tertiary/aromatic N) is 1. The number of halogens is 1. The number of carbonyl (C=O) groups excluding carboxylic acids is 3. The summed E-state index contributed by atoms with van der Waals surface area (Å²) in [6.07, 6.45) is 0. The maximum absolute atomic E-state index is 12.5. The van der Waals surface area contributed by atoms with Crippen molar-refractivity contribution in [3.8, 4) is 5.75 Å². The second-order valence-electron chi connectivity index (χ2n) is 6.06. The molecule has 0 spiro atoms. The Kier molecular flexibility index (Phi) is 4.67. The number of rotatable bonds is 4. The highest BCUT2D eigenvalue weighted by Gasteiger charge is 2.19. The Morgan fingerprint density at radius 3 is 2.86 bits per heavy atom. The van der Waals surface area contributed by atoms with Crippen molar-refractivity contribution in [3.63, 3.8) is 0 Å². The molecule has 1 aromatic heterocycles. The summed E-state index contributed by atoms with van der Waals surface area (Å²) < 4.78 is 10.4. The summed E-state index contributed by atoms with van der Waals surface area (Å²) in [5.74, 6) is -0.917. The maximum Gasteiger partial charge on any atom is 0.339 e. The second-order valence-corrected chi connectivity index (χ2v) is 6.44. The van der Waals surface area contributed by atoms with E-state index in [4.69, 9.17) is 21.1 Å². The van der Waals surface area contributed by atoms with Gasteiger partial charge < -0.3 is 14.8 Å². The molecule has 0 saturated carbocycles. The molecule has 0 fully saturated rings. The van der Waals surface area contributed by atoms with E-state index in [1.165, 1.54) is 12.1 Å². The van der Waals surface area contributed by atoms with E-state index >= 15 is 0 Å². The summed E-state index contributed by atoms with van der Waals surface area (Å²) in [6, 6.07) is 13.0. The number of Topliss-reactive ketones (excluding diaryl/α,β-unsaturated/α-hetero) is 1. The minimum absolute atomic E-state index is 0.0691. The van der Waals surface area contributed by atoms with Gasteiger partial charge in [0.15, 0.2) is 19.0 Å². The number of carbonyl (C=O) groups is 3. The Morgan fingerprint density at radius 1 is 1.18 bits per heavy atom. The molecular weight excluding hydrogens is 384 g/mol. The quantitative estimate of drug-likeness (QED) is 0.413. The molecule has 3 aromatic rings. The molecule has 7 nitrogen and oxygen atoms in total. The maximum atomic E-state index is 12.5. The van der Waals surface area contributed by atoms with Gasteiger partial charge in [-0.05, 0) is 30.3 Å². The van der Waals surface area contributed by atoms with Gasteiger partial charge in [0, 0.05) is 10.9 Å². The number of benzene rings is 2. The first-order valence-corrected chi connectivity index (χ1v) is 8.71. The van der Waals surface area contributed by atoms with E-state index in [1.807, 2.05) is 0 Å². The van der Waals surface area contributed by atoms with E-state index in [0.29, 0.717) is 22.3 Å². The molecule has 8 heteroatoms. The van der Waals surface area contributed by atoms with Gasteiger partial charge in [-0.25, -0.2) is 9.78 Å². The third-order valence-corrected chi connectivity index (χ3v) is 4.37. The molecule has 1 aliphatic heterocycles. The number of esters is 1. The zero-order valence-corrected chi connectivity index (χ0v) is 15.2. The molecule has 0 saturated heterocycles. The van der Waals surface area contributed by atoms with Crippen molar-refractivity contribution < 1.29 is 23.9 Å². The molecule has 1 aliphatic rings. The lowest BCUT2D eigenvalue weighted by molar-refractivity contribution is -0.118. The Hall–Kier alpha value is -3.45. The number of fused-ring (bicyclic) bond motifs is 2. The highest BCUT2D eigenvalue weighted by Crippen LogP contribution is 2.28. The van der Waals surface area contributed by atoms with Crippen molar-refractivity contribution in [2.45, 2.75) is 0 Å². The van der Waals surface area contributed by atoms with Crippen molar-refractivity contribution in [2.75, 3.05) is 18.5 Å². The predicted octanol–water partition coefficient (Wildman–Crippen LogP) is 3.26. The normalized spacial score (nSPS) is 12.7. The Balaban J connectivity index is 1.51. The second kappa shape index (κ2) is 7.28. The lowest BCUT2D eigenvalue weighted by Crippen LogP contribution is -2.25. The number of aromatic nitrogens is 1. The van der Waals surface area contributed by atoms with Gasteiger partial charge in [0.25, 0.3) is 5.91 Å². The first-order valence-electron chi connectivity index (χ1n) is 8.33. The monoisotopic (exact) mass is 396 g/mol. The molecule has 28 heavy (non-hydrogen) atoms. The van der Waals surface area contributed by atoms with E-state index in [2.05, 4.69) is 10.3 Å². The lowest BCUT2D eigenvalue weighted by atomic mass is 10.1. The van der Waals surface area contributed by atoms with Crippen LogP contribution in [0.1, 0.15) is 20.7 Å². The number of hydrogen-bond acceptors (Lipinski definition) is 6. The Bertz CT molecular complexity index is 1130. The number of ether oxygens (including phenoxy) is 2. The highest BCUT2D eigenvalue weighted by atomic mass is 35.5. The summed E-state index contributed by atoms with van der Waals surface area (Å²) in [5, 5.41) is 3.36. The summed E-state index contributed by atoms with van der Waals surface area (Å²) in [7, 11) is 0.